The molecule has 4 aromatic carbocycles. The molecular weight excluding hydrogens is 700 g/mol. The number of aliphatic hydroxyl groups is 1. The number of aliphatic imine (C=N–C) groups is 1. The van der Waals surface area contributed by atoms with Gasteiger partial charge in [-0.25, -0.2) is 10.4 Å². The van der Waals surface area contributed by atoms with E-state index in [0.717, 1.165) is 36.9 Å². The predicted molar refractivity (Wildman–Crippen MR) is 184 cm³/mol. The van der Waals surface area contributed by atoms with Crippen molar-refractivity contribution < 1.29 is 19.4 Å². The first-order valence-corrected chi connectivity index (χ1v) is 16.3. The van der Waals surface area contributed by atoms with Crippen molar-refractivity contribution in [2.75, 3.05) is 32.2 Å². The van der Waals surface area contributed by atoms with Gasteiger partial charge in [-0.05, 0) is 65.7 Å². The number of rotatable bonds is 13. The number of carbonyl (C=O) groups excluding carboxylic acids is 1. The highest BCUT2D eigenvalue weighted by Crippen LogP contribution is 2.44. The van der Waals surface area contributed by atoms with Crippen LogP contribution in [0.2, 0.25) is 0 Å². The fourth-order valence-electron chi connectivity index (χ4n) is 5.11. The Morgan fingerprint density at radius 1 is 0.956 bits per heavy atom. The molecule has 1 aliphatic rings. The molecule has 0 aliphatic carbocycles. The molecule has 0 fully saturated rings. The lowest BCUT2D eigenvalue weighted by Crippen LogP contribution is -2.53. The maximum absolute atomic E-state index is 14.4. The molecule has 0 spiro atoms. The first-order valence-electron chi connectivity index (χ1n) is 14.7. The molecule has 4 aromatic rings. The number of hydrazine groups is 1. The van der Waals surface area contributed by atoms with Crippen LogP contribution in [0.15, 0.2) is 111 Å². The normalized spacial score (nSPS) is 17.4. The van der Waals surface area contributed by atoms with Crippen LogP contribution in [0.4, 0.5) is 5.69 Å². The van der Waals surface area contributed by atoms with Crippen LogP contribution in [0.5, 0.6) is 5.75 Å². The van der Waals surface area contributed by atoms with Crippen molar-refractivity contribution in [3.63, 3.8) is 0 Å². The average molecular weight is 737 g/mol. The summed E-state index contributed by atoms with van der Waals surface area (Å²) >= 11 is 7.21. The molecule has 0 saturated carbocycles. The van der Waals surface area contributed by atoms with Gasteiger partial charge in [-0.15, -0.1) is 0 Å². The van der Waals surface area contributed by atoms with E-state index in [4.69, 9.17) is 19.6 Å². The lowest BCUT2D eigenvalue weighted by atomic mass is 9.82. The summed E-state index contributed by atoms with van der Waals surface area (Å²) in [5.74, 6) is 0.731. The summed E-state index contributed by atoms with van der Waals surface area (Å²) in [6.45, 7) is 0.919. The summed E-state index contributed by atoms with van der Waals surface area (Å²) in [6, 6.07) is 31.2. The summed E-state index contributed by atoms with van der Waals surface area (Å²) in [6.07, 6.45) is 0.116. The van der Waals surface area contributed by atoms with Crippen LogP contribution in [0, 0.1) is 0 Å². The van der Waals surface area contributed by atoms with Crippen LogP contribution in [0.25, 0.3) is 0 Å². The third kappa shape index (κ3) is 7.94. The smallest absolute Gasteiger partial charge is 0.266 e. The van der Waals surface area contributed by atoms with Crippen LogP contribution >= 0.6 is 31.9 Å². The molecule has 1 aliphatic heterocycles. The van der Waals surface area contributed by atoms with Gasteiger partial charge in [0, 0.05) is 65.8 Å². The van der Waals surface area contributed by atoms with Gasteiger partial charge >= 0.3 is 0 Å². The monoisotopic (exact) mass is 734 g/mol. The van der Waals surface area contributed by atoms with Gasteiger partial charge in [-0.1, -0.05) is 74.3 Å². The van der Waals surface area contributed by atoms with Crippen molar-refractivity contribution in [3.8, 4) is 5.75 Å². The summed E-state index contributed by atoms with van der Waals surface area (Å²) in [5.41, 5.74) is 9.34. The number of ether oxygens (including phenoxy) is 2. The topological polar surface area (TPSA) is 95.4 Å². The number of benzene rings is 4. The van der Waals surface area contributed by atoms with E-state index in [1.165, 1.54) is 0 Å². The minimum absolute atomic E-state index is 0.0687. The zero-order valence-corrected chi connectivity index (χ0v) is 28.3. The highest BCUT2D eigenvalue weighted by atomic mass is 79.9. The van der Waals surface area contributed by atoms with E-state index >= 15 is 0 Å². The number of hydrogen-bond donors (Lipinski definition) is 3. The molecule has 0 radical (unpaired) electrons. The fourth-order valence-corrected chi connectivity index (χ4v) is 5.86. The Kier molecular flexibility index (Phi) is 10.9. The number of nitrogens with one attached hydrogen (secondary N) is 2. The lowest BCUT2D eigenvalue weighted by molar-refractivity contribution is -0.130. The van der Waals surface area contributed by atoms with E-state index in [1.54, 1.807) is 0 Å². The van der Waals surface area contributed by atoms with Crippen LogP contribution in [0.1, 0.15) is 34.8 Å². The lowest BCUT2D eigenvalue weighted by Gasteiger charge is -2.31. The van der Waals surface area contributed by atoms with Crippen molar-refractivity contribution >= 4 is 49.4 Å². The van der Waals surface area contributed by atoms with E-state index in [9.17, 15) is 4.79 Å². The molecule has 0 bridgehead atoms. The van der Waals surface area contributed by atoms with Crippen molar-refractivity contribution in [3.05, 3.63) is 128 Å². The molecule has 234 valence electrons. The van der Waals surface area contributed by atoms with E-state index in [0.29, 0.717) is 37.6 Å². The first kappa shape index (κ1) is 32.7. The first-order chi connectivity index (χ1) is 21.8. The quantitative estimate of drug-likeness (QED) is 0.109. The summed E-state index contributed by atoms with van der Waals surface area (Å²) < 4.78 is 14.1. The van der Waals surface area contributed by atoms with Crippen LogP contribution in [0.3, 0.4) is 0 Å². The number of anilines is 1. The van der Waals surface area contributed by atoms with Gasteiger partial charge in [0.2, 0.25) is 5.90 Å². The van der Waals surface area contributed by atoms with Gasteiger partial charge in [0.1, 0.15) is 5.75 Å². The Bertz CT molecular complexity index is 1610. The molecule has 0 aromatic heterocycles. The molecule has 8 nitrogen and oxygen atoms in total. The minimum Gasteiger partial charge on any atom is -0.494 e. The second-order valence-corrected chi connectivity index (χ2v) is 12.8. The number of aliphatic hydroxyl groups excluding tert-OH is 1. The third-order valence-electron chi connectivity index (χ3n) is 7.55. The Morgan fingerprint density at radius 2 is 1.64 bits per heavy atom. The Hall–Kier alpha value is -3.70. The molecule has 0 saturated heterocycles. The average Bonchev–Trinajstić information content (AvgIpc) is 3.43. The van der Waals surface area contributed by atoms with Gasteiger partial charge in [0.15, 0.2) is 11.6 Å². The second-order valence-electron chi connectivity index (χ2n) is 11.0. The molecule has 0 unspecified atom stereocenters. The highest BCUT2D eigenvalue weighted by Gasteiger charge is 2.54. The van der Waals surface area contributed by atoms with Gasteiger partial charge in [0.25, 0.3) is 5.91 Å². The molecule has 3 N–H and O–H groups in total. The zero-order chi connectivity index (χ0) is 31.8. The summed E-state index contributed by atoms with van der Waals surface area (Å²) in [7, 11) is 4.00. The van der Waals surface area contributed by atoms with Crippen molar-refractivity contribution in [2.24, 2.45) is 4.99 Å². The van der Waals surface area contributed by atoms with Crippen molar-refractivity contribution in [1.29, 1.82) is 0 Å². The summed E-state index contributed by atoms with van der Waals surface area (Å²) in [5, 5.41) is 9.07. The van der Waals surface area contributed by atoms with E-state index in [2.05, 4.69) is 42.7 Å². The largest absolute Gasteiger partial charge is 0.494 e. The molecular formula is C35H36Br2N4O4. The standard InChI is InChI=1S/C35H36Br2N4O4/c1-41(2)28-16-10-25(11-17-28)23-38-40-34(43)35(22-24-8-14-27(36)15-9-24)32(30-6-3-4-7-31(30)37)45-33(39-35)26-12-18-29(19-13-26)44-21-5-20-42/h3-4,6-19,32,38,42H,5,20-23H2,1-2H3,(H,40,43)/t32-,35-/m0/s1. The maximum Gasteiger partial charge on any atom is 0.266 e. The molecule has 45 heavy (non-hydrogen) atoms. The van der Waals surface area contributed by atoms with Gasteiger partial charge in [-0.2, -0.15) is 0 Å². The molecule has 5 rings (SSSR count). The van der Waals surface area contributed by atoms with Crippen LogP contribution in [-0.2, 0) is 22.5 Å². The second kappa shape index (κ2) is 15.1. The SMILES string of the molecule is CN(C)c1ccc(CNNC(=O)[C@@]2(Cc3ccc(Br)cc3)N=C(c3ccc(OCCCO)cc3)O[C@H]2c2ccccc2Br)cc1. The van der Waals surface area contributed by atoms with Gasteiger partial charge < -0.3 is 19.5 Å². The number of amides is 1. The molecule has 1 heterocycles. The number of nitrogens with zero attached hydrogens (tertiary/aromatic N) is 2. The Morgan fingerprint density at radius 3 is 2.31 bits per heavy atom. The summed E-state index contributed by atoms with van der Waals surface area (Å²) in [4.78, 5) is 21.6. The molecule has 1 amide bonds. The fraction of sp³-hybridized carbons (Fsp3) is 0.257. The molecule has 10 heteroatoms. The van der Waals surface area contributed by atoms with Crippen molar-refractivity contribution in [2.45, 2.75) is 31.0 Å². The van der Waals surface area contributed by atoms with E-state index in [-0.39, 0.29) is 12.5 Å². The van der Waals surface area contributed by atoms with E-state index < -0.39 is 11.6 Å². The highest BCUT2D eigenvalue weighted by molar-refractivity contribution is 9.10. The minimum atomic E-state index is -1.34. The predicted octanol–water partition coefficient (Wildman–Crippen LogP) is 6.36. The van der Waals surface area contributed by atoms with E-state index in [1.807, 2.05) is 116 Å². The van der Waals surface area contributed by atoms with Crippen LogP contribution in [-0.4, -0.2) is 49.8 Å². The Labute approximate surface area is 280 Å². The van der Waals surface area contributed by atoms with Gasteiger partial charge in [0.05, 0.1) is 6.61 Å². The molecule has 2 atom stereocenters. The van der Waals surface area contributed by atoms with Crippen molar-refractivity contribution in [1.82, 2.24) is 10.9 Å². The zero-order valence-electron chi connectivity index (χ0n) is 25.2. The Balaban J connectivity index is 1.49. The van der Waals surface area contributed by atoms with Gasteiger partial charge in [-0.3, -0.25) is 10.2 Å². The third-order valence-corrected chi connectivity index (χ3v) is 8.80. The number of halogens is 2. The van der Waals surface area contributed by atoms with Crippen LogP contribution < -0.4 is 20.5 Å². The number of carbonyl (C=O) groups is 1. The maximum atomic E-state index is 14.4. The number of hydrogen-bond acceptors (Lipinski definition) is 7.